The second-order valence-electron chi connectivity index (χ2n) is 2.86. The fourth-order valence-electron chi connectivity index (χ4n) is 1.09. The van der Waals surface area contributed by atoms with Gasteiger partial charge < -0.3 is 0 Å². The Morgan fingerprint density at radius 3 is 2.86 bits per heavy atom. The predicted molar refractivity (Wildman–Crippen MR) is 52.3 cm³/mol. The van der Waals surface area contributed by atoms with Gasteiger partial charge in [-0.15, -0.1) is 5.10 Å². The Balaban J connectivity index is 2.37. The third-order valence-electron chi connectivity index (χ3n) is 1.72. The number of aryl methyl sites for hydroxylation is 1. The molecule has 0 spiro atoms. The van der Waals surface area contributed by atoms with E-state index in [1.807, 2.05) is 6.92 Å². The Hall–Kier alpha value is -1.62. The van der Waals surface area contributed by atoms with Gasteiger partial charge in [-0.25, -0.2) is 0 Å². The number of pyridine rings is 1. The summed E-state index contributed by atoms with van der Waals surface area (Å²) in [5, 5.41) is 3.62. The van der Waals surface area contributed by atoms with E-state index in [-0.39, 0.29) is 5.78 Å². The van der Waals surface area contributed by atoms with Crippen molar-refractivity contribution < 1.29 is 4.79 Å². The summed E-state index contributed by atoms with van der Waals surface area (Å²) < 4.78 is 3.64. The van der Waals surface area contributed by atoms with E-state index in [0.29, 0.717) is 10.4 Å². The summed E-state index contributed by atoms with van der Waals surface area (Å²) in [6, 6.07) is 1.80. The van der Waals surface area contributed by atoms with Crippen molar-refractivity contribution in [1.29, 1.82) is 0 Å². The zero-order valence-electron chi connectivity index (χ0n) is 7.47. The summed E-state index contributed by atoms with van der Waals surface area (Å²) in [4.78, 5) is 16.2. The number of carbonyl (C=O) groups excluding carboxylic acids is 1. The second-order valence-corrected chi connectivity index (χ2v) is 3.65. The van der Waals surface area contributed by atoms with Crippen LogP contribution in [0.3, 0.4) is 0 Å². The predicted octanol–water partition coefficient (Wildman–Crippen LogP) is 1.47. The Kier molecular flexibility index (Phi) is 2.32. The first-order valence-corrected chi connectivity index (χ1v) is 4.78. The van der Waals surface area contributed by atoms with Crippen LogP contribution in [0, 0.1) is 6.92 Å². The molecule has 0 N–H and O–H groups in total. The molecule has 0 saturated carbocycles. The van der Waals surface area contributed by atoms with Gasteiger partial charge in [-0.3, -0.25) is 9.78 Å². The summed E-state index contributed by atoms with van der Waals surface area (Å²) in [6.07, 6.45) is 4.73. The first-order valence-electron chi connectivity index (χ1n) is 4.01. The summed E-state index contributed by atoms with van der Waals surface area (Å²) >= 11 is 1.09. The van der Waals surface area contributed by atoms with Gasteiger partial charge in [0.15, 0.2) is 0 Å². The van der Waals surface area contributed by atoms with Crippen LogP contribution in [0.2, 0.25) is 0 Å². The van der Waals surface area contributed by atoms with Crippen molar-refractivity contribution in [2.24, 2.45) is 0 Å². The number of carbonyl (C=O) groups is 1. The van der Waals surface area contributed by atoms with Crippen LogP contribution in [0.4, 0.5) is 0 Å². The van der Waals surface area contributed by atoms with E-state index in [9.17, 15) is 4.79 Å². The van der Waals surface area contributed by atoms with Crippen molar-refractivity contribution in [2.45, 2.75) is 6.92 Å². The second kappa shape index (κ2) is 3.63. The van der Waals surface area contributed by atoms with Gasteiger partial charge in [0.25, 0.3) is 0 Å². The summed E-state index contributed by atoms with van der Waals surface area (Å²) in [6.45, 7) is 1.90. The van der Waals surface area contributed by atoms with Gasteiger partial charge in [-0.05, 0) is 30.1 Å². The van der Waals surface area contributed by atoms with Gasteiger partial charge in [0.2, 0.25) is 5.78 Å². The monoisotopic (exact) mass is 205 g/mol. The van der Waals surface area contributed by atoms with Crippen molar-refractivity contribution in [2.75, 3.05) is 0 Å². The zero-order chi connectivity index (χ0) is 9.97. The number of ketones is 1. The number of nitrogens with zero attached hydrogens (tertiary/aromatic N) is 3. The summed E-state index contributed by atoms with van der Waals surface area (Å²) in [7, 11) is 0. The van der Waals surface area contributed by atoms with Crippen LogP contribution in [-0.2, 0) is 0 Å². The molecule has 70 valence electrons. The van der Waals surface area contributed by atoms with Crippen LogP contribution in [0.15, 0.2) is 24.7 Å². The van der Waals surface area contributed by atoms with Gasteiger partial charge >= 0.3 is 0 Å². The van der Waals surface area contributed by atoms with E-state index < -0.39 is 0 Å². The molecule has 0 aliphatic rings. The Morgan fingerprint density at radius 1 is 1.36 bits per heavy atom. The first-order chi connectivity index (χ1) is 6.77. The minimum Gasteiger partial charge on any atom is -0.288 e. The molecule has 2 aromatic rings. The van der Waals surface area contributed by atoms with Gasteiger partial charge in [0.1, 0.15) is 4.88 Å². The lowest BCUT2D eigenvalue weighted by atomic mass is 10.1. The highest BCUT2D eigenvalue weighted by Gasteiger charge is 2.11. The van der Waals surface area contributed by atoms with Gasteiger partial charge in [0.05, 0.1) is 6.20 Å². The average Bonchev–Trinajstić information content (AvgIpc) is 2.69. The van der Waals surface area contributed by atoms with Crippen LogP contribution in [0.25, 0.3) is 0 Å². The highest BCUT2D eigenvalue weighted by molar-refractivity contribution is 7.08. The molecule has 2 aromatic heterocycles. The molecule has 0 bridgehead atoms. The van der Waals surface area contributed by atoms with Crippen molar-refractivity contribution in [3.63, 3.8) is 0 Å². The van der Waals surface area contributed by atoms with Crippen LogP contribution in [0.5, 0.6) is 0 Å². The SMILES string of the molecule is Cc1cncc(C(=O)c2cnns2)c1. The molecule has 0 saturated heterocycles. The smallest absolute Gasteiger partial charge is 0.207 e. The molecule has 0 aliphatic heterocycles. The molecule has 14 heavy (non-hydrogen) atoms. The molecule has 5 heteroatoms. The van der Waals surface area contributed by atoms with Crippen LogP contribution < -0.4 is 0 Å². The lowest BCUT2D eigenvalue weighted by Gasteiger charge is -1.97. The molecule has 2 heterocycles. The van der Waals surface area contributed by atoms with Crippen LogP contribution in [0.1, 0.15) is 20.8 Å². The third-order valence-corrected chi connectivity index (χ3v) is 2.39. The molecule has 0 aliphatic carbocycles. The number of aromatic nitrogens is 3. The van der Waals surface area contributed by atoms with Gasteiger partial charge in [-0.1, -0.05) is 4.49 Å². The maximum Gasteiger partial charge on any atom is 0.207 e. The fraction of sp³-hybridized carbons (Fsp3) is 0.111. The summed E-state index contributed by atoms with van der Waals surface area (Å²) in [5.41, 5.74) is 1.55. The normalized spacial score (nSPS) is 10.1. The molecular weight excluding hydrogens is 198 g/mol. The lowest BCUT2D eigenvalue weighted by molar-refractivity contribution is 0.104. The molecular formula is C9H7N3OS. The first kappa shape index (κ1) is 8.96. The van der Waals surface area contributed by atoms with Crippen molar-refractivity contribution in [3.05, 3.63) is 40.7 Å². The highest BCUT2D eigenvalue weighted by atomic mass is 32.1. The number of hydrogen-bond acceptors (Lipinski definition) is 5. The number of rotatable bonds is 2. The Bertz CT molecular complexity index is 453. The van der Waals surface area contributed by atoms with Crippen molar-refractivity contribution >= 4 is 17.3 Å². The molecule has 0 amide bonds. The Morgan fingerprint density at radius 2 is 2.21 bits per heavy atom. The topological polar surface area (TPSA) is 55.7 Å². The van der Waals surface area contributed by atoms with Crippen molar-refractivity contribution in [3.8, 4) is 0 Å². The maximum atomic E-state index is 11.8. The van der Waals surface area contributed by atoms with Gasteiger partial charge in [-0.2, -0.15) is 0 Å². The minimum absolute atomic E-state index is 0.0730. The summed E-state index contributed by atoms with van der Waals surface area (Å²) in [5.74, 6) is -0.0730. The largest absolute Gasteiger partial charge is 0.288 e. The molecule has 2 rings (SSSR count). The average molecular weight is 205 g/mol. The molecule has 0 aromatic carbocycles. The van der Waals surface area contributed by atoms with Crippen LogP contribution in [-0.4, -0.2) is 20.4 Å². The fourth-order valence-corrected chi connectivity index (χ4v) is 1.57. The number of hydrogen-bond donors (Lipinski definition) is 0. The molecule has 0 atom stereocenters. The van der Waals surface area contributed by atoms with Crippen molar-refractivity contribution in [1.82, 2.24) is 14.6 Å². The van der Waals surface area contributed by atoms with Gasteiger partial charge in [0, 0.05) is 18.0 Å². The van der Waals surface area contributed by atoms with E-state index in [1.165, 1.54) is 6.20 Å². The molecule has 0 radical (unpaired) electrons. The molecule has 0 unspecified atom stereocenters. The van der Waals surface area contributed by atoms with Crippen LogP contribution >= 0.6 is 11.5 Å². The van der Waals surface area contributed by atoms with E-state index in [4.69, 9.17) is 0 Å². The van der Waals surface area contributed by atoms with E-state index in [2.05, 4.69) is 14.6 Å². The molecule has 0 fully saturated rings. The van der Waals surface area contributed by atoms with E-state index >= 15 is 0 Å². The standard InChI is InChI=1S/C9H7N3OS/c1-6-2-7(4-10-3-6)9(13)8-5-11-12-14-8/h2-5H,1H3. The third kappa shape index (κ3) is 1.67. The Labute approximate surface area is 84.8 Å². The van der Waals surface area contributed by atoms with E-state index in [1.54, 1.807) is 18.5 Å². The molecule has 4 nitrogen and oxygen atoms in total. The minimum atomic E-state index is -0.0730. The van der Waals surface area contributed by atoms with E-state index in [0.717, 1.165) is 17.1 Å². The highest BCUT2D eigenvalue weighted by Crippen LogP contribution is 2.11. The lowest BCUT2D eigenvalue weighted by Crippen LogP contribution is -1.99. The quantitative estimate of drug-likeness (QED) is 0.697. The zero-order valence-corrected chi connectivity index (χ0v) is 8.28. The maximum absolute atomic E-state index is 11.8.